The van der Waals surface area contributed by atoms with E-state index in [1.807, 2.05) is 0 Å². The van der Waals surface area contributed by atoms with E-state index in [4.69, 9.17) is 10.5 Å². The average Bonchev–Trinajstić information content (AvgIpc) is 2.25. The summed E-state index contributed by atoms with van der Waals surface area (Å²) >= 11 is 0. The van der Waals surface area contributed by atoms with Crippen molar-refractivity contribution < 1.29 is 17.9 Å². The predicted molar refractivity (Wildman–Crippen MR) is 65.2 cm³/mol. The largest absolute Gasteiger partial charge is 0.411 e. The molecule has 1 rings (SSSR count). The SMILES string of the molecule is CC(C)(C)C1CCC(CN)(OCC(F)(F)F)CC1. The fraction of sp³-hybridized carbons (Fsp3) is 1.00. The van der Waals surface area contributed by atoms with Gasteiger partial charge < -0.3 is 10.5 Å². The smallest absolute Gasteiger partial charge is 0.364 e. The topological polar surface area (TPSA) is 35.2 Å². The first kappa shape index (κ1) is 15.8. The molecule has 0 bridgehead atoms. The third-order valence-corrected chi connectivity index (χ3v) is 4.04. The van der Waals surface area contributed by atoms with Crippen LogP contribution in [0.25, 0.3) is 0 Å². The summed E-state index contributed by atoms with van der Waals surface area (Å²) in [7, 11) is 0. The number of ether oxygens (including phenoxy) is 1. The van der Waals surface area contributed by atoms with Gasteiger partial charge >= 0.3 is 6.18 Å². The van der Waals surface area contributed by atoms with Crippen LogP contribution in [0.4, 0.5) is 13.2 Å². The Morgan fingerprint density at radius 2 is 1.67 bits per heavy atom. The van der Waals surface area contributed by atoms with Gasteiger partial charge in [-0.05, 0) is 37.0 Å². The van der Waals surface area contributed by atoms with Gasteiger partial charge in [-0.3, -0.25) is 0 Å². The van der Waals surface area contributed by atoms with Crippen molar-refractivity contribution in [1.82, 2.24) is 0 Å². The molecule has 0 heterocycles. The first-order valence-electron chi connectivity index (χ1n) is 6.49. The standard InChI is InChI=1S/C13H24F3NO/c1-11(2,3)10-4-6-12(8-17,7-5-10)18-9-13(14,15)16/h10H,4-9,17H2,1-3H3. The molecule has 1 saturated carbocycles. The molecular formula is C13H24F3NO. The summed E-state index contributed by atoms with van der Waals surface area (Å²) < 4.78 is 41.7. The minimum absolute atomic E-state index is 0.167. The second-order valence-corrected chi connectivity index (χ2v) is 6.43. The minimum atomic E-state index is -4.27. The van der Waals surface area contributed by atoms with E-state index in [-0.39, 0.29) is 12.0 Å². The van der Waals surface area contributed by atoms with Gasteiger partial charge in [0.25, 0.3) is 0 Å². The van der Waals surface area contributed by atoms with Gasteiger partial charge in [-0.2, -0.15) is 13.2 Å². The number of nitrogens with two attached hydrogens (primary N) is 1. The van der Waals surface area contributed by atoms with E-state index in [0.29, 0.717) is 18.8 Å². The maximum Gasteiger partial charge on any atom is 0.411 e. The predicted octanol–water partition coefficient (Wildman–Crippen LogP) is 3.50. The summed E-state index contributed by atoms with van der Waals surface area (Å²) in [4.78, 5) is 0. The third-order valence-electron chi connectivity index (χ3n) is 4.04. The van der Waals surface area contributed by atoms with Crippen molar-refractivity contribution in [2.75, 3.05) is 13.2 Å². The zero-order valence-corrected chi connectivity index (χ0v) is 11.4. The van der Waals surface area contributed by atoms with E-state index < -0.39 is 18.4 Å². The molecule has 0 unspecified atom stereocenters. The van der Waals surface area contributed by atoms with Gasteiger partial charge in [0.15, 0.2) is 0 Å². The van der Waals surface area contributed by atoms with Crippen LogP contribution < -0.4 is 5.73 Å². The van der Waals surface area contributed by atoms with Crippen molar-refractivity contribution in [3.8, 4) is 0 Å². The lowest BCUT2D eigenvalue weighted by molar-refractivity contribution is -0.211. The molecule has 1 aliphatic rings. The van der Waals surface area contributed by atoms with Crippen LogP contribution in [0.15, 0.2) is 0 Å². The summed E-state index contributed by atoms with van der Waals surface area (Å²) in [5.41, 5.74) is 5.06. The number of hydrogen-bond acceptors (Lipinski definition) is 2. The van der Waals surface area contributed by atoms with E-state index >= 15 is 0 Å². The molecule has 2 nitrogen and oxygen atoms in total. The van der Waals surface area contributed by atoms with Crippen molar-refractivity contribution >= 4 is 0 Å². The second kappa shape index (κ2) is 5.37. The van der Waals surface area contributed by atoms with Gasteiger partial charge in [0.05, 0.1) is 5.60 Å². The molecule has 2 N–H and O–H groups in total. The minimum Gasteiger partial charge on any atom is -0.364 e. The van der Waals surface area contributed by atoms with Crippen LogP contribution >= 0.6 is 0 Å². The first-order chi connectivity index (χ1) is 8.08. The Morgan fingerprint density at radius 3 is 2.00 bits per heavy atom. The monoisotopic (exact) mass is 267 g/mol. The van der Waals surface area contributed by atoms with Crippen LogP contribution in [-0.4, -0.2) is 24.9 Å². The first-order valence-corrected chi connectivity index (χ1v) is 6.49. The molecule has 0 amide bonds. The van der Waals surface area contributed by atoms with Crippen molar-refractivity contribution in [3.05, 3.63) is 0 Å². The summed E-state index contributed by atoms with van der Waals surface area (Å²) in [5.74, 6) is 0.534. The molecule has 0 radical (unpaired) electrons. The summed E-state index contributed by atoms with van der Waals surface area (Å²) in [6.45, 7) is 5.49. The molecule has 0 atom stereocenters. The van der Waals surface area contributed by atoms with Crippen LogP contribution in [0.1, 0.15) is 46.5 Å². The van der Waals surface area contributed by atoms with E-state index in [1.54, 1.807) is 0 Å². The van der Waals surface area contributed by atoms with Crippen LogP contribution in [-0.2, 0) is 4.74 Å². The molecular weight excluding hydrogens is 243 g/mol. The molecule has 0 aromatic rings. The highest BCUT2D eigenvalue weighted by molar-refractivity contribution is 4.91. The van der Waals surface area contributed by atoms with Crippen LogP contribution in [0.2, 0.25) is 0 Å². The summed E-state index contributed by atoms with van der Waals surface area (Å²) in [6, 6.07) is 0. The van der Waals surface area contributed by atoms with Gasteiger partial charge in [0.2, 0.25) is 0 Å². The fourth-order valence-corrected chi connectivity index (χ4v) is 2.65. The van der Waals surface area contributed by atoms with Gasteiger partial charge in [0, 0.05) is 6.54 Å². The quantitative estimate of drug-likeness (QED) is 0.849. The Kier molecular flexibility index (Phi) is 4.70. The lowest BCUT2D eigenvalue weighted by Crippen LogP contribution is -2.47. The third kappa shape index (κ3) is 4.43. The van der Waals surface area contributed by atoms with Crippen molar-refractivity contribution in [3.63, 3.8) is 0 Å². The molecule has 0 aliphatic heterocycles. The Hall–Kier alpha value is -0.290. The number of alkyl halides is 3. The molecule has 5 heteroatoms. The van der Waals surface area contributed by atoms with Crippen molar-refractivity contribution in [2.45, 2.75) is 58.2 Å². The maximum atomic E-state index is 12.2. The highest BCUT2D eigenvalue weighted by Gasteiger charge is 2.41. The molecule has 108 valence electrons. The Bertz CT molecular complexity index is 262. The van der Waals surface area contributed by atoms with E-state index in [0.717, 1.165) is 12.8 Å². The molecule has 0 aromatic carbocycles. The lowest BCUT2D eigenvalue weighted by Gasteiger charge is -2.43. The Labute approximate surface area is 107 Å². The van der Waals surface area contributed by atoms with E-state index in [2.05, 4.69) is 20.8 Å². The fourth-order valence-electron chi connectivity index (χ4n) is 2.65. The molecule has 0 aromatic heterocycles. The normalized spacial score (nSPS) is 30.5. The highest BCUT2D eigenvalue weighted by atomic mass is 19.4. The average molecular weight is 267 g/mol. The van der Waals surface area contributed by atoms with Crippen LogP contribution in [0.5, 0.6) is 0 Å². The van der Waals surface area contributed by atoms with Gasteiger partial charge in [-0.1, -0.05) is 20.8 Å². The van der Waals surface area contributed by atoms with Crippen molar-refractivity contribution in [1.29, 1.82) is 0 Å². The van der Waals surface area contributed by atoms with Gasteiger partial charge in [-0.15, -0.1) is 0 Å². The molecule has 0 spiro atoms. The number of halogens is 3. The second-order valence-electron chi connectivity index (χ2n) is 6.43. The highest BCUT2D eigenvalue weighted by Crippen LogP contribution is 2.42. The Balaban J connectivity index is 2.55. The molecule has 1 fully saturated rings. The van der Waals surface area contributed by atoms with Crippen LogP contribution in [0, 0.1) is 11.3 Å². The zero-order valence-electron chi connectivity index (χ0n) is 11.4. The zero-order chi connectivity index (χ0) is 14.0. The maximum absolute atomic E-state index is 12.2. The van der Waals surface area contributed by atoms with Crippen LogP contribution in [0.3, 0.4) is 0 Å². The summed E-state index contributed by atoms with van der Waals surface area (Å²) in [5, 5.41) is 0. The molecule has 18 heavy (non-hydrogen) atoms. The molecule has 0 saturated heterocycles. The van der Waals surface area contributed by atoms with Gasteiger partial charge in [-0.25, -0.2) is 0 Å². The van der Waals surface area contributed by atoms with Gasteiger partial charge in [0.1, 0.15) is 6.61 Å². The lowest BCUT2D eigenvalue weighted by atomic mass is 9.68. The van der Waals surface area contributed by atoms with Crippen molar-refractivity contribution in [2.24, 2.45) is 17.1 Å². The van der Waals surface area contributed by atoms with E-state index in [1.165, 1.54) is 0 Å². The molecule has 1 aliphatic carbocycles. The number of rotatable bonds is 3. The summed E-state index contributed by atoms with van der Waals surface area (Å²) in [6.07, 6.45) is -1.25. The number of hydrogen-bond donors (Lipinski definition) is 1. The van der Waals surface area contributed by atoms with E-state index in [9.17, 15) is 13.2 Å². The Morgan fingerprint density at radius 1 is 1.17 bits per heavy atom.